The fourth-order valence-electron chi connectivity index (χ4n) is 3.24. The Morgan fingerprint density at radius 1 is 1.08 bits per heavy atom. The second-order valence-corrected chi connectivity index (χ2v) is 7.02. The van der Waals surface area contributed by atoms with Crippen LogP contribution in [0.5, 0.6) is 0 Å². The van der Waals surface area contributed by atoms with Crippen molar-refractivity contribution in [2.45, 2.75) is 19.0 Å². The molecule has 1 saturated heterocycles. The molecule has 2 N–H and O–H groups in total. The molecule has 1 atom stereocenters. The van der Waals surface area contributed by atoms with Crippen LogP contribution in [-0.2, 0) is 13.0 Å². The van der Waals surface area contributed by atoms with E-state index in [-0.39, 0.29) is 12.2 Å². The van der Waals surface area contributed by atoms with Crippen molar-refractivity contribution in [2.75, 3.05) is 33.2 Å². The van der Waals surface area contributed by atoms with Crippen molar-refractivity contribution < 1.29 is 4.39 Å². The van der Waals surface area contributed by atoms with Crippen molar-refractivity contribution in [3.05, 3.63) is 59.4 Å². The Balaban J connectivity index is 1.66. The lowest BCUT2D eigenvalue weighted by atomic mass is 9.99. The highest BCUT2D eigenvalue weighted by Gasteiger charge is 2.14. The summed E-state index contributed by atoms with van der Waals surface area (Å²) in [6.45, 7) is 5.36. The van der Waals surface area contributed by atoms with Gasteiger partial charge in [0.2, 0.25) is 0 Å². The van der Waals surface area contributed by atoms with Gasteiger partial charge in [0.15, 0.2) is 0 Å². The molecule has 0 radical (unpaired) electrons. The molecule has 0 aromatic heterocycles. The van der Waals surface area contributed by atoms with Crippen LogP contribution in [0.4, 0.5) is 4.39 Å². The highest BCUT2D eigenvalue weighted by atomic mass is 19.1. The number of hydrogen-bond acceptors (Lipinski definition) is 4. The first-order chi connectivity index (χ1) is 12.5. The summed E-state index contributed by atoms with van der Waals surface area (Å²) in [5.41, 5.74) is 9.17. The largest absolute Gasteiger partial charge is 0.316 e. The normalized spacial score (nSPS) is 17.0. The van der Waals surface area contributed by atoms with Gasteiger partial charge in [-0.2, -0.15) is 5.26 Å². The quantitative estimate of drug-likeness (QED) is 0.899. The molecule has 1 aliphatic heterocycles. The van der Waals surface area contributed by atoms with Crippen LogP contribution in [0.15, 0.2) is 42.5 Å². The first kappa shape index (κ1) is 18.5. The maximum atomic E-state index is 14.3. The van der Waals surface area contributed by atoms with Crippen molar-refractivity contribution >= 4 is 0 Å². The van der Waals surface area contributed by atoms with E-state index in [1.165, 1.54) is 11.6 Å². The number of nitrogens with zero attached hydrogens (tertiary/aromatic N) is 3. The molecular formula is C21H25FN4. The number of rotatable bonds is 5. The number of benzene rings is 2. The Kier molecular flexibility index (Phi) is 6.00. The zero-order valence-corrected chi connectivity index (χ0v) is 15.2. The van der Waals surface area contributed by atoms with E-state index in [9.17, 15) is 4.39 Å². The SMILES string of the molecule is CN1CCN(Cc2ccc(-c3ccc(C[C@H](N)C#N)c(F)c3)cc2)CC1. The van der Waals surface area contributed by atoms with Gasteiger partial charge in [-0.05, 0) is 35.4 Å². The van der Waals surface area contributed by atoms with E-state index >= 15 is 0 Å². The van der Waals surface area contributed by atoms with Crippen molar-refractivity contribution in [1.82, 2.24) is 9.80 Å². The Hall–Kier alpha value is -2.26. The molecule has 26 heavy (non-hydrogen) atoms. The molecule has 2 aromatic carbocycles. The van der Waals surface area contributed by atoms with Gasteiger partial charge < -0.3 is 10.6 Å². The molecule has 0 aliphatic carbocycles. The molecule has 136 valence electrons. The van der Waals surface area contributed by atoms with E-state index in [2.05, 4.69) is 29.0 Å². The zero-order chi connectivity index (χ0) is 18.5. The van der Waals surface area contributed by atoms with Crippen LogP contribution in [0.2, 0.25) is 0 Å². The summed E-state index contributed by atoms with van der Waals surface area (Å²) in [5, 5.41) is 8.77. The van der Waals surface area contributed by atoms with E-state index in [1.807, 2.05) is 24.3 Å². The van der Waals surface area contributed by atoms with Gasteiger partial charge in [-0.25, -0.2) is 4.39 Å². The van der Waals surface area contributed by atoms with Gasteiger partial charge in [0.1, 0.15) is 5.82 Å². The van der Waals surface area contributed by atoms with Crippen molar-refractivity contribution in [1.29, 1.82) is 5.26 Å². The monoisotopic (exact) mass is 352 g/mol. The van der Waals surface area contributed by atoms with Crippen LogP contribution >= 0.6 is 0 Å². The summed E-state index contributed by atoms with van der Waals surface area (Å²) in [7, 11) is 2.16. The smallest absolute Gasteiger partial charge is 0.127 e. The minimum Gasteiger partial charge on any atom is -0.316 e. The fraction of sp³-hybridized carbons (Fsp3) is 0.381. The lowest BCUT2D eigenvalue weighted by Gasteiger charge is -2.32. The molecule has 0 spiro atoms. The second-order valence-electron chi connectivity index (χ2n) is 7.02. The summed E-state index contributed by atoms with van der Waals surface area (Å²) in [4.78, 5) is 4.81. The first-order valence-electron chi connectivity index (χ1n) is 8.99. The zero-order valence-electron chi connectivity index (χ0n) is 15.2. The number of likely N-dealkylation sites (N-methyl/N-ethyl adjacent to an activating group) is 1. The molecule has 4 nitrogen and oxygen atoms in total. The molecule has 0 saturated carbocycles. The van der Waals surface area contributed by atoms with E-state index in [4.69, 9.17) is 11.0 Å². The van der Waals surface area contributed by atoms with Gasteiger partial charge in [-0.1, -0.05) is 36.4 Å². The summed E-state index contributed by atoms with van der Waals surface area (Å²) in [6.07, 6.45) is 0.229. The van der Waals surface area contributed by atoms with Crippen molar-refractivity contribution in [2.24, 2.45) is 5.73 Å². The molecule has 1 aliphatic rings. The first-order valence-corrected chi connectivity index (χ1v) is 8.99. The van der Waals surface area contributed by atoms with Gasteiger partial charge in [0.25, 0.3) is 0 Å². The van der Waals surface area contributed by atoms with Crippen LogP contribution in [-0.4, -0.2) is 49.1 Å². The molecule has 3 rings (SSSR count). The third-order valence-corrected chi connectivity index (χ3v) is 4.95. The van der Waals surface area contributed by atoms with Crippen molar-refractivity contribution in [3.63, 3.8) is 0 Å². The Labute approximate surface area is 154 Å². The summed E-state index contributed by atoms with van der Waals surface area (Å²) >= 11 is 0. The number of hydrogen-bond donors (Lipinski definition) is 1. The highest BCUT2D eigenvalue weighted by molar-refractivity contribution is 5.64. The van der Waals surface area contributed by atoms with E-state index in [0.717, 1.165) is 43.9 Å². The lowest BCUT2D eigenvalue weighted by molar-refractivity contribution is 0.148. The van der Waals surface area contributed by atoms with Crippen LogP contribution in [0.1, 0.15) is 11.1 Å². The van der Waals surface area contributed by atoms with Crippen LogP contribution < -0.4 is 5.73 Å². The van der Waals surface area contributed by atoms with Gasteiger partial charge in [-0.3, -0.25) is 4.90 Å². The molecule has 0 amide bonds. The van der Waals surface area contributed by atoms with Gasteiger partial charge in [0.05, 0.1) is 12.1 Å². The second kappa shape index (κ2) is 8.41. The molecule has 1 fully saturated rings. The number of piperazine rings is 1. The molecule has 5 heteroatoms. The van der Waals surface area contributed by atoms with Crippen LogP contribution in [0.3, 0.4) is 0 Å². The number of nitriles is 1. The third kappa shape index (κ3) is 4.67. The van der Waals surface area contributed by atoms with Gasteiger partial charge in [-0.15, -0.1) is 0 Å². The van der Waals surface area contributed by atoms with E-state index in [0.29, 0.717) is 5.56 Å². The molecule has 0 unspecified atom stereocenters. The minimum absolute atomic E-state index is 0.229. The average molecular weight is 352 g/mol. The standard InChI is InChI=1S/C21H25FN4/c1-25-8-10-26(11-9-25)15-16-2-4-17(5-3-16)18-6-7-19(21(22)13-18)12-20(24)14-23/h2-7,13,20H,8-12,15,24H2,1H3/t20-/m0/s1. The maximum Gasteiger partial charge on any atom is 0.127 e. The predicted molar refractivity (Wildman–Crippen MR) is 102 cm³/mol. The summed E-state index contributed by atoms with van der Waals surface area (Å²) in [5.74, 6) is -0.310. The highest BCUT2D eigenvalue weighted by Crippen LogP contribution is 2.23. The average Bonchev–Trinajstić information content (AvgIpc) is 2.66. The topological polar surface area (TPSA) is 56.3 Å². The predicted octanol–water partition coefficient (Wildman–Crippen LogP) is 2.63. The van der Waals surface area contributed by atoms with Crippen LogP contribution in [0.25, 0.3) is 11.1 Å². The molecule has 1 heterocycles. The minimum atomic E-state index is -0.677. The maximum absolute atomic E-state index is 14.3. The number of halogens is 1. The van der Waals surface area contributed by atoms with E-state index < -0.39 is 6.04 Å². The van der Waals surface area contributed by atoms with Gasteiger partial charge >= 0.3 is 0 Å². The fourth-order valence-corrected chi connectivity index (χ4v) is 3.24. The number of nitrogens with two attached hydrogens (primary N) is 1. The Morgan fingerprint density at radius 3 is 2.35 bits per heavy atom. The molecule has 0 bridgehead atoms. The summed E-state index contributed by atoms with van der Waals surface area (Å²) < 4.78 is 14.3. The third-order valence-electron chi connectivity index (χ3n) is 4.95. The molecule has 2 aromatic rings. The molecular weight excluding hydrogens is 327 g/mol. The van der Waals surface area contributed by atoms with E-state index in [1.54, 1.807) is 6.07 Å². The lowest BCUT2D eigenvalue weighted by Crippen LogP contribution is -2.43. The Morgan fingerprint density at radius 2 is 1.73 bits per heavy atom. The Bertz CT molecular complexity index is 774. The van der Waals surface area contributed by atoms with Crippen molar-refractivity contribution in [3.8, 4) is 17.2 Å². The van der Waals surface area contributed by atoms with Gasteiger partial charge in [0, 0.05) is 39.1 Å². The summed E-state index contributed by atoms with van der Waals surface area (Å²) in [6, 6.07) is 14.7. The van der Waals surface area contributed by atoms with Crippen LogP contribution in [0, 0.1) is 17.1 Å².